The van der Waals surface area contributed by atoms with E-state index in [1.165, 1.54) is 31.0 Å². The first kappa shape index (κ1) is 22.5. The first-order valence-corrected chi connectivity index (χ1v) is 11.6. The highest BCUT2D eigenvalue weighted by atomic mass is 32.2. The molecule has 2 N–H and O–H groups in total. The van der Waals surface area contributed by atoms with E-state index in [-0.39, 0.29) is 11.4 Å². The van der Waals surface area contributed by atoms with Crippen molar-refractivity contribution in [2.75, 3.05) is 18.2 Å². The SMILES string of the molecule is COc1cccc(NCc2nnc(SCC(=O)NC(C)(C)C)n2C2CCCCC2)c1. The van der Waals surface area contributed by atoms with Gasteiger partial charge in [0.15, 0.2) is 11.0 Å². The van der Waals surface area contributed by atoms with Gasteiger partial charge in [0.05, 0.1) is 19.4 Å². The number of aromatic nitrogens is 3. The summed E-state index contributed by atoms with van der Waals surface area (Å²) in [7, 11) is 1.66. The number of thioether (sulfide) groups is 1. The highest BCUT2D eigenvalue weighted by molar-refractivity contribution is 7.99. The van der Waals surface area contributed by atoms with Crippen LogP contribution in [-0.4, -0.2) is 39.1 Å². The van der Waals surface area contributed by atoms with Crippen molar-refractivity contribution < 1.29 is 9.53 Å². The Morgan fingerprint density at radius 1 is 1.23 bits per heavy atom. The molecular formula is C22H33N5O2S. The van der Waals surface area contributed by atoms with Gasteiger partial charge in [0.25, 0.3) is 0 Å². The van der Waals surface area contributed by atoms with E-state index in [2.05, 4.69) is 25.4 Å². The van der Waals surface area contributed by atoms with Crippen LogP contribution in [0.2, 0.25) is 0 Å². The summed E-state index contributed by atoms with van der Waals surface area (Å²) >= 11 is 1.47. The second kappa shape index (κ2) is 10.2. The molecule has 0 unspecified atom stereocenters. The van der Waals surface area contributed by atoms with Crippen LogP contribution in [0.4, 0.5) is 5.69 Å². The molecular weight excluding hydrogens is 398 g/mol. The van der Waals surface area contributed by atoms with Crippen molar-refractivity contribution in [3.8, 4) is 5.75 Å². The molecule has 1 aliphatic rings. The Morgan fingerprint density at radius 3 is 2.70 bits per heavy atom. The van der Waals surface area contributed by atoms with E-state index in [1.807, 2.05) is 45.0 Å². The van der Waals surface area contributed by atoms with Crippen LogP contribution in [0.25, 0.3) is 0 Å². The molecule has 0 atom stereocenters. The van der Waals surface area contributed by atoms with E-state index in [1.54, 1.807) is 7.11 Å². The Hall–Kier alpha value is -2.22. The molecule has 0 radical (unpaired) electrons. The molecule has 2 aromatic rings. The van der Waals surface area contributed by atoms with Gasteiger partial charge in [0.2, 0.25) is 5.91 Å². The maximum atomic E-state index is 12.3. The average Bonchev–Trinajstić information content (AvgIpc) is 3.13. The van der Waals surface area contributed by atoms with Crippen LogP contribution >= 0.6 is 11.8 Å². The normalized spacial score (nSPS) is 15.1. The predicted molar refractivity (Wildman–Crippen MR) is 121 cm³/mol. The number of carbonyl (C=O) groups excluding carboxylic acids is 1. The molecule has 1 aliphatic carbocycles. The summed E-state index contributed by atoms with van der Waals surface area (Å²) in [6, 6.07) is 8.25. The molecule has 8 heteroatoms. The van der Waals surface area contributed by atoms with E-state index >= 15 is 0 Å². The number of nitrogens with zero attached hydrogens (tertiary/aromatic N) is 3. The van der Waals surface area contributed by atoms with Gasteiger partial charge in [-0.05, 0) is 45.7 Å². The molecule has 1 heterocycles. The molecule has 0 saturated heterocycles. The third kappa shape index (κ3) is 6.39. The smallest absolute Gasteiger partial charge is 0.230 e. The lowest BCUT2D eigenvalue weighted by molar-refractivity contribution is -0.119. The Labute approximate surface area is 183 Å². The number of amides is 1. The van der Waals surface area contributed by atoms with Crippen molar-refractivity contribution >= 4 is 23.4 Å². The highest BCUT2D eigenvalue weighted by Gasteiger charge is 2.24. The number of anilines is 1. The molecule has 30 heavy (non-hydrogen) atoms. The molecule has 1 aromatic heterocycles. The molecule has 1 aromatic carbocycles. The van der Waals surface area contributed by atoms with Gasteiger partial charge in [-0.3, -0.25) is 4.79 Å². The quantitative estimate of drug-likeness (QED) is 0.603. The molecule has 0 spiro atoms. The van der Waals surface area contributed by atoms with Crippen LogP contribution < -0.4 is 15.4 Å². The van der Waals surface area contributed by atoms with E-state index in [4.69, 9.17) is 4.74 Å². The zero-order valence-corrected chi connectivity index (χ0v) is 19.2. The van der Waals surface area contributed by atoms with Gasteiger partial charge < -0.3 is 19.9 Å². The molecule has 1 saturated carbocycles. The molecule has 1 amide bonds. The first-order valence-electron chi connectivity index (χ1n) is 10.6. The van der Waals surface area contributed by atoms with Crippen molar-refractivity contribution in [3.05, 3.63) is 30.1 Å². The third-order valence-corrected chi connectivity index (χ3v) is 5.99. The van der Waals surface area contributed by atoms with Gasteiger partial charge in [-0.2, -0.15) is 0 Å². The van der Waals surface area contributed by atoms with Crippen LogP contribution in [0.3, 0.4) is 0 Å². The fourth-order valence-electron chi connectivity index (χ4n) is 3.73. The minimum Gasteiger partial charge on any atom is -0.497 e. The number of benzene rings is 1. The number of ether oxygens (including phenoxy) is 1. The Balaban J connectivity index is 1.73. The molecule has 0 aliphatic heterocycles. The highest BCUT2D eigenvalue weighted by Crippen LogP contribution is 2.33. The molecule has 3 rings (SSSR count). The van der Waals surface area contributed by atoms with E-state index in [0.717, 1.165) is 35.3 Å². The number of carbonyl (C=O) groups is 1. The lowest BCUT2D eigenvalue weighted by Gasteiger charge is -2.26. The van der Waals surface area contributed by atoms with Gasteiger partial charge in [0, 0.05) is 23.3 Å². The largest absolute Gasteiger partial charge is 0.497 e. The first-order chi connectivity index (χ1) is 14.4. The van der Waals surface area contributed by atoms with Crippen LogP contribution in [0.5, 0.6) is 5.75 Å². The predicted octanol–water partition coefficient (Wildman–Crippen LogP) is 4.41. The second-order valence-corrected chi connectivity index (χ2v) is 9.68. The summed E-state index contributed by atoms with van der Waals surface area (Å²) < 4.78 is 7.56. The van der Waals surface area contributed by atoms with Crippen LogP contribution in [0.1, 0.15) is 64.7 Å². The van der Waals surface area contributed by atoms with Crippen molar-refractivity contribution in [3.63, 3.8) is 0 Å². The maximum Gasteiger partial charge on any atom is 0.230 e. The molecule has 164 valence electrons. The number of nitrogens with one attached hydrogen (secondary N) is 2. The minimum atomic E-state index is -0.236. The van der Waals surface area contributed by atoms with Gasteiger partial charge in [-0.25, -0.2) is 0 Å². The number of hydrogen-bond acceptors (Lipinski definition) is 6. The fourth-order valence-corrected chi connectivity index (χ4v) is 4.56. The molecule has 0 bridgehead atoms. The average molecular weight is 432 g/mol. The van der Waals surface area contributed by atoms with Crippen LogP contribution in [-0.2, 0) is 11.3 Å². The second-order valence-electron chi connectivity index (χ2n) is 8.73. The number of hydrogen-bond donors (Lipinski definition) is 2. The van der Waals surface area contributed by atoms with Gasteiger partial charge in [-0.1, -0.05) is 37.1 Å². The molecule has 7 nitrogen and oxygen atoms in total. The lowest BCUT2D eigenvalue weighted by Crippen LogP contribution is -2.41. The van der Waals surface area contributed by atoms with Crippen molar-refractivity contribution in [2.24, 2.45) is 0 Å². The van der Waals surface area contributed by atoms with E-state index in [9.17, 15) is 4.79 Å². The van der Waals surface area contributed by atoms with E-state index in [0.29, 0.717) is 18.3 Å². The zero-order valence-electron chi connectivity index (χ0n) is 18.4. The van der Waals surface area contributed by atoms with Crippen molar-refractivity contribution in [1.82, 2.24) is 20.1 Å². The summed E-state index contributed by atoms with van der Waals surface area (Å²) in [5.41, 5.74) is 0.742. The van der Waals surface area contributed by atoms with Gasteiger partial charge in [-0.15, -0.1) is 10.2 Å². The number of methoxy groups -OCH3 is 1. The maximum absolute atomic E-state index is 12.3. The summed E-state index contributed by atoms with van der Waals surface area (Å²) in [6.07, 6.45) is 5.99. The zero-order chi connectivity index (χ0) is 21.6. The van der Waals surface area contributed by atoms with E-state index < -0.39 is 0 Å². The summed E-state index contributed by atoms with van der Waals surface area (Å²) in [5, 5.41) is 16.2. The molecule has 1 fully saturated rings. The van der Waals surface area contributed by atoms with Crippen LogP contribution in [0, 0.1) is 0 Å². The standard InChI is InChI=1S/C22H33N5O2S/c1-22(2,3)24-20(28)15-30-21-26-25-19(27(21)17-10-6-5-7-11-17)14-23-16-9-8-12-18(13-16)29-4/h8-9,12-13,17,23H,5-7,10-11,14-15H2,1-4H3,(H,24,28). The fraction of sp³-hybridized carbons (Fsp3) is 0.591. The Morgan fingerprint density at radius 2 is 2.00 bits per heavy atom. The third-order valence-electron chi connectivity index (χ3n) is 5.04. The van der Waals surface area contributed by atoms with Crippen molar-refractivity contribution in [1.29, 1.82) is 0 Å². The monoisotopic (exact) mass is 431 g/mol. The van der Waals surface area contributed by atoms with Gasteiger partial charge >= 0.3 is 0 Å². The summed E-state index contributed by atoms with van der Waals surface area (Å²) in [5.74, 6) is 2.07. The Bertz CT molecular complexity index is 840. The topological polar surface area (TPSA) is 81.1 Å². The minimum absolute atomic E-state index is 0.0155. The lowest BCUT2D eigenvalue weighted by atomic mass is 9.95. The summed E-state index contributed by atoms with van der Waals surface area (Å²) in [4.78, 5) is 12.3. The Kier molecular flexibility index (Phi) is 7.64. The number of rotatable bonds is 8. The van der Waals surface area contributed by atoms with Crippen molar-refractivity contribution in [2.45, 2.75) is 76.2 Å². The van der Waals surface area contributed by atoms with Crippen LogP contribution in [0.15, 0.2) is 29.4 Å². The summed E-state index contributed by atoms with van der Waals surface area (Å²) in [6.45, 7) is 6.54. The van der Waals surface area contributed by atoms with Gasteiger partial charge in [0.1, 0.15) is 5.75 Å².